The molecule has 0 saturated carbocycles. The zero-order valence-corrected chi connectivity index (χ0v) is 21.3. The van der Waals surface area contributed by atoms with Crippen LogP contribution < -0.4 is 22.8 Å². The van der Waals surface area contributed by atoms with Gasteiger partial charge in [0.1, 0.15) is 12.4 Å². The Bertz CT molecular complexity index is 1710. The van der Waals surface area contributed by atoms with Gasteiger partial charge in [-0.15, -0.1) is 0 Å². The van der Waals surface area contributed by atoms with Gasteiger partial charge in [-0.3, -0.25) is 13.6 Å². The van der Waals surface area contributed by atoms with Crippen molar-refractivity contribution in [3.8, 4) is 17.3 Å². The summed E-state index contributed by atoms with van der Waals surface area (Å²) in [6.07, 6.45) is -0.538. The van der Waals surface area contributed by atoms with Crippen LogP contribution in [0.3, 0.4) is 0 Å². The van der Waals surface area contributed by atoms with Crippen molar-refractivity contribution >= 4 is 28.4 Å². The van der Waals surface area contributed by atoms with Gasteiger partial charge in [0, 0.05) is 30.1 Å². The molecule has 0 aliphatic carbocycles. The fourth-order valence-corrected chi connectivity index (χ4v) is 5.28. The molecule has 3 aromatic rings. The van der Waals surface area contributed by atoms with E-state index in [2.05, 4.69) is 0 Å². The van der Waals surface area contributed by atoms with E-state index in [1.54, 1.807) is 13.8 Å². The molecule has 1 atom stereocenters. The number of hydrogen-bond donors (Lipinski definition) is 1. The number of fused-ring (bicyclic) bond motifs is 1. The van der Waals surface area contributed by atoms with Crippen molar-refractivity contribution in [2.45, 2.75) is 38.8 Å². The largest absolute Gasteiger partial charge is 0.493 e. The van der Waals surface area contributed by atoms with Crippen molar-refractivity contribution in [2.75, 3.05) is 5.75 Å². The highest BCUT2D eigenvalue weighted by atomic mass is 35.5. The number of benzene rings is 1. The van der Waals surface area contributed by atoms with Gasteiger partial charge in [-0.1, -0.05) is 11.6 Å². The summed E-state index contributed by atoms with van der Waals surface area (Å²) < 4.78 is 35.1. The molecule has 1 N–H and O–H groups in total. The number of aromatic hydroxyl groups is 1. The molecule has 0 saturated heterocycles. The number of rotatable bonds is 5. The van der Waals surface area contributed by atoms with Crippen LogP contribution in [-0.2, 0) is 46.2 Å². The van der Waals surface area contributed by atoms with E-state index in [1.165, 1.54) is 0 Å². The van der Waals surface area contributed by atoms with Gasteiger partial charge in [0.15, 0.2) is 0 Å². The van der Waals surface area contributed by atoms with E-state index in [1.807, 2.05) is 0 Å². The third-order valence-corrected chi connectivity index (χ3v) is 7.16. The third-order valence-electron chi connectivity index (χ3n) is 5.63. The molecule has 2 aromatic heterocycles. The zero-order chi connectivity index (χ0) is 27.3. The van der Waals surface area contributed by atoms with Crippen LogP contribution in [0, 0.1) is 5.82 Å². The second kappa shape index (κ2) is 9.63. The van der Waals surface area contributed by atoms with Crippen LogP contribution in [0.25, 0.3) is 11.4 Å². The van der Waals surface area contributed by atoms with E-state index in [-0.39, 0.29) is 23.7 Å². The number of carbonyl (C=O) groups excluding carboxylic acids is 1. The summed E-state index contributed by atoms with van der Waals surface area (Å²) in [5.41, 5.74) is -5.31. The van der Waals surface area contributed by atoms with Gasteiger partial charge in [-0.2, -0.15) is 0 Å². The number of imidazole rings is 1. The van der Waals surface area contributed by atoms with E-state index in [0.717, 1.165) is 23.7 Å². The SMILES string of the molecule is CC(C)OC(=O)Cn1c(=O)n(C)c(=O)n(-c2cc(-n3c(O)c4n(c3=O)CCS(=O)C4)c(F)cc2Cl)c1=O. The summed E-state index contributed by atoms with van der Waals surface area (Å²) in [5.74, 6) is -2.62. The van der Waals surface area contributed by atoms with E-state index in [0.29, 0.717) is 18.3 Å². The van der Waals surface area contributed by atoms with Crippen LogP contribution in [0.1, 0.15) is 19.5 Å². The maximum Gasteiger partial charge on any atom is 0.341 e. The first kappa shape index (κ1) is 26.3. The normalized spacial score (nSPS) is 15.1. The molecule has 1 aromatic carbocycles. The van der Waals surface area contributed by atoms with E-state index >= 15 is 4.39 Å². The number of aromatic nitrogens is 5. The minimum absolute atomic E-state index is 0.0286. The van der Waals surface area contributed by atoms with Gasteiger partial charge in [-0.05, 0) is 26.0 Å². The maximum absolute atomic E-state index is 15.0. The average Bonchev–Trinajstić information content (AvgIpc) is 3.05. The second-order valence-electron chi connectivity index (χ2n) is 8.45. The number of ether oxygens (including phenoxy) is 1. The van der Waals surface area contributed by atoms with Gasteiger partial charge < -0.3 is 9.84 Å². The molecule has 0 bridgehead atoms. The van der Waals surface area contributed by atoms with Crippen molar-refractivity contribution in [1.82, 2.24) is 22.8 Å². The Labute approximate surface area is 214 Å². The van der Waals surface area contributed by atoms with Crippen LogP contribution >= 0.6 is 11.6 Å². The molecule has 3 heterocycles. The van der Waals surface area contributed by atoms with Gasteiger partial charge in [-0.25, -0.2) is 41.8 Å². The van der Waals surface area contributed by atoms with Crippen LogP contribution in [0.15, 0.2) is 31.3 Å². The van der Waals surface area contributed by atoms with Crippen LogP contribution in [0.2, 0.25) is 5.02 Å². The van der Waals surface area contributed by atoms with Crippen LogP contribution in [0.5, 0.6) is 5.88 Å². The van der Waals surface area contributed by atoms with Gasteiger partial charge in [0.2, 0.25) is 5.88 Å². The molecule has 37 heavy (non-hydrogen) atoms. The fraction of sp³-hybridized carbons (Fsp3) is 0.381. The molecule has 0 radical (unpaired) electrons. The Morgan fingerprint density at radius 2 is 1.78 bits per heavy atom. The highest BCUT2D eigenvalue weighted by Crippen LogP contribution is 2.29. The first-order chi connectivity index (χ1) is 17.3. The predicted molar refractivity (Wildman–Crippen MR) is 130 cm³/mol. The minimum Gasteiger partial charge on any atom is -0.493 e. The lowest BCUT2D eigenvalue weighted by Gasteiger charge is -2.15. The average molecular weight is 558 g/mol. The molecular weight excluding hydrogens is 537 g/mol. The molecule has 1 aliphatic heterocycles. The Balaban J connectivity index is 1.97. The molecule has 0 spiro atoms. The minimum atomic E-state index is -1.34. The molecular formula is C21H21ClFN5O8S. The number of esters is 1. The lowest BCUT2D eigenvalue weighted by atomic mass is 10.2. The number of hydrogen-bond acceptors (Lipinski definition) is 8. The second-order valence-corrected chi connectivity index (χ2v) is 10.4. The standard InChI is InChI=1S/C21H21ClFN5O8S/c1-10(2)36-16(29)8-26-18(31)24(3)19(32)28(21(26)34)13-7-14(12(23)6-11(13)22)27-17(30)15-9-37(35)5-4-25(15)20(27)33/h6-7,10,30H,4-5,8-9H2,1-3H3. The molecule has 16 heteroatoms. The summed E-state index contributed by atoms with van der Waals surface area (Å²) in [4.78, 5) is 63.8. The van der Waals surface area contributed by atoms with Gasteiger partial charge in [0.05, 0.1) is 33.9 Å². The first-order valence-corrected chi connectivity index (χ1v) is 12.7. The van der Waals surface area contributed by atoms with Gasteiger partial charge >= 0.3 is 28.7 Å². The third kappa shape index (κ3) is 4.48. The molecule has 1 unspecified atom stereocenters. The highest BCUT2D eigenvalue weighted by molar-refractivity contribution is 7.84. The van der Waals surface area contributed by atoms with E-state index in [9.17, 15) is 33.3 Å². The Morgan fingerprint density at radius 3 is 2.43 bits per heavy atom. The molecule has 13 nitrogen and oxygen atoms in total. The molecule has 0 fully saturated rings. The van der Waals surface area contributed by atoms with E-state index < -0.39 is 80.3 Å². The molecule has 198 valence electrons. The first-order valence-electron chi connectivity index (χ1n) is 10.8. The summed E-state index contributed by atoms with van der Waals surface area (Å²) in [6.45, 7) is 2.34. The summed E-state index contributed by atoms with van der Waals surface area (Å²) >= 11 is 6.16. The monoisotopic (exact) mass is 557 g/mol. The lowest BCUT2D eigenvalue weighted by Crippen LogP contribution is -2.54. The number of nitrogens with zero attached hydrogens (tertiary/aromatic N) is 5. The lowest BCUT2D eigenvalue weighted by molar-refractivity contribution is -0.148. The Morgan fingerprint density at radius 1 is 1.11 bits per heavy atom. The maximum atomic E-state index is 15.0. The zero-order valence-electron chi connectivity index (χ0n) is 19.8. The van der Waals surface area contributed by atoms with Gasteiger partial charge in [0.25, 0.3) is 0 Å². The Hall–Kier alpha value is -3.72. The van der Waals surface area contributed by atoms with Crippen LogP contribution in [0.4, 0.5) is 4.39 Å². The highest BCUT2D eigenvalue weighted by Gasteiger charge is 2.28. The summed E-state index contributed by atoms with van der Waals surface area (Å²) in [5, 5.41) is 10.2. The topological polar surface area (TPSA) is 157 Å². The van der Waals surface area contributed by atoms with Crippen molar-refractivity contribution < 1.29 is 23.2 Å². The van der Waals surface area contributed by atoms with Crippen molar-refractivity contribution in [3.05, 3.63) is 70.6 Å². The van der Waals surface area contributed by atoms with E-state index in [4.69, 9.17) is 16.3 Å². The number of halogens is 2. The van der Waals surface area contributed by atoms with Crippen molar-refractivity contribution in [3.63, 3.8) is 0 Å². The molecule has 4 rings (SSSR count). The smallest absolute Gasteiger partial charge is 0.341 e. The quantitative estimate of drug-likeness (QED) is 0.406. The molecule has 0 amide bonds. The van der Waals surface area contributed by atoms with Crippen molar-refractivity contribution in [1.29, 1.82) is 0 Å². The molecule has 1 aliphatic rings. The summed E-state index contributed by atoms with van der Waals surface area (Å²) in [6, 6.07) is 1.60. The fourth-order valence-electron chi connectivity index (χ4n) is 3.92. The summed E-state index contributed by atoms with van der Waals surface area (Å²) in [7, 11) is -0.280. The predicted octanol–water partition coefficient (Wildman–Crippen LogP) is -0.638. The number of carbonyl (C=O) groups is 1. The van der Waals surface area contributed by atoms with Crippen molar-refractivity contribution in [2.24, 2.45) is 7.05 Å². The van der Waals surface area contributed by atoms with Crippen LogP contribution in [-0.4, -0.2) is 50.0 Å². The Kier molecular flexibility index (Phi) is 6.85.